The summed E-state index contributed by atoms with van der Waals surface area (Å²) in [4.78, 5) is 15.9. The minimum Gasteiger partial charge on any atom is -0.325 e. The van der Waals surface area contributed by atoms with E-state index in [4.69, 9.17) is 0 Å². The first kappa shape index (κ1) is 13.3. The molecule has 2 heterocycles. The SMILES string of the molecule is CCC(=O)Nc1ccccc1-c1ccc2ncc(C)n2n1. The molecule has 0 saturated carbocycles. The van der Waals surface area contributed by atoms with E-state index in [1.165, 1.54) is 0 Å². The molecule has 0 bridgehead atoms. The number of carbonyl (C=O) groups is 1. The van der Waals surface area contributed by atoms with Crippen molar-refractivity contribution in [3.63, 3.8) is 0 Å². The fraction of sp³-hybridized carbons (Fsp3) is 0.188. The van der Waals surface area contributed by atoms with E-state index in [0.717, 1.165) is 28.3 Å². The van der Waals surface area contributed by atoms with Crippen molar-refractivity contribution in [2.75, 3.05) is 5.32 Å². The highest BCUT2D eigenvalue weighted by atomic mass is 16.1. The van der Waals surface area contributed by atoms with E-state index in [9.17, 15) is 4.79 Å². The van der Waals surface area contributed by atoms with E-state index < -0.39 is 0 Å². The van der Waals surface area contributed by atoms with E-state index >= 15 is 0 Å². The average molecular weight is 280 g/mol. The van der Waals surface area contributed by atoms with Crippen LogP contribution in [0.3, 0.4) is 0 Å². The zero-order valence-electron chi connectivity index (χ0n) is 12.0. The predicted octanol–water partition coefficient (Wildman–Crippen LogP) is 3.05. The fourth-order valence-corrected chi connectivity index (χ4v) is 2.19. The van der Waals surface area contributed by atoms with Crippen molar-refractivity contribution in [2.24, 2.45) is 0 Å². The van der Waals surface area contributed by atoms with Gasteiger partial charge in [-0.2, -0.15) is 5.10 Å². The maximum Gasteiger partial charge on any atom is 0.224 e. The van der Waals surface area contributed by atoms with Gasteiger partial charge >= 0.3 is 0 Å². The first-order valence-electron chi connectivity index (χ1n) is 6.89. The lowest BCUT2D eigenvalue weighted by Gasteiger charge is -2.10. The molecule has 1 aromatic carbocycles. The summed E-state index contributed by atoms with van der Waals surface area (Å²) in [7, 11) is 0. The maximum absolute atomic E-state index is 11.6. The lowest BCUT2D eigenvalue weighted by Crippen LogP contribution is -2.10. The molecule has 0 aliphatic rings. The van der Waals surface area contributed by atoms with Crippen molar-refractivity contribution in [3.8, 4) is 11.3 Å². The number of aryl methyl sites for hydroxylation is 1. The van der Waals surface area contributed by atoms with Crippen LogP contribution in [0.1, 0.15) is 19.0 Å². The summed E-state index contributed by atoms with van der Waals surface area (Å²) < 4.78 is 1.80. The molecule has 0 saturated heterocycles. The van der Waals surface area contributed by atoms with Gasteiger partial charge in [0.2, 0.25) is 5.91 Å². The molecule has 5 heteroatoms. The highest BCUT2D eigenvalue weighted by Crippen LogP contribution is 2.26. The van der Waals surface area contributed by atoms with Crippen LogP contribution in [-0.2, 0) is 4.79 Å². The van der Waals surface area contributed by atoms with Gasteiger partial charge in [0.1, 0.15) is 0 Å². The third-order valence-corrected chi connectivity index (χ3v) is 3.33. The van der Waals surface area contributed by atoms with E-state index in [1.807, 2.05) is 50.2 Å². The Morgan fingerprint density at radius 1 is 1.24 bits per heavy atom. The first-order valence-corrected chi connectivity index (χ1v) is 6.89. The van der Waals surface area contributed by atoms with Crippen molar-refractivity contribution in [2.45, 2.75) is 20.3 Å². The Labute approximate surface area is 122 Å². The number of fused-ring (bicyclic) bond motifs is 1. The molecule has 0 aliphatic carbocycles. The summed E-state index contributed by atoms with van der Waals surface area (Å²) in [5.41, 5.74) is 4.26. The molecule has 3 aromatic rings. The van der Waals surface area contributed by atoms with Crippen molar-refractivity contribution in [3.05, 3.63) is 48.3 Å². The van der Waals surface area contributed by atoms with E-state index in [-0.39, 0.29) is 5.91 Å². The van der Waals surface area contributed by atoms with Gasteiger partial charge in [-0.1, -0.05) is 25.1 Å². The van der Waals surface area contributed by atoms with Crippen LogP contribution >= 0.6 is 0 Å². The largest absolute Gasteiger partial charge is 0.325 e. The quantitative estimate of drug-likeness (QED) is 0.802. The molecule has 0 atom stereocenters. The summed E-state index contributed by atoms with van der Waals surface area (Å²) >= 11 is 0. The Balaban J connectivity index is 2.09. The van der Waals surface area contributed by atoms with Crippen LogP contribution in [0.15, 0.2) is 42.6 Å². The van der Waals surface area contributed by atoms with Gasteiger partial charge in [0.25, 0.3) is 0 Å². The fourth-order valence-electron chi connectivity index (χ4n) is 2.19. The second-order valence-corrected chi connectivity index (χ2v) is 4.84. The van der Waals surface area contributed by atoms with Crippen molar-refractivity contribution in [1.29, 1.82) is 0 Å². The van der Waals surface area contributed by atoms with Gasteiger partial charge in [0.05, 0.1) is 23.3 Å². The maximum atomic E-state index is 11.6. The number of imidazole rings is 1. The molecular formula is C16H16N4O. The molecule has 0 unspecified atom stereocenters. The predicted molar refractivity (Wildman–Crippen MR) is 82.1 cm³/mol. The molecule has 0 aliphatic heterocycles. The molecule has 21 heavy (non-hydrogen) atoms. The molecule has 1 amide bonds. The molecule has 5 nitrogen and oxygen atoms in total. The van der Waals surface area contributed by atoms with Crippen LogP contribution in [-0.4, -0.2) is 20.5 Å². The summed E-state index contributed by atoms with van der Waals surface area (Å²) in [6.07, 6.45) is 2.23. The van der Waals surface area contributed by atoms with Crippen molar-refractivity contribution < 1.29 is 4.79 Å². The number of hydrogen-bond acceptors (Lipinski definition) is 3. The number of benzene rings is 1. The number of amides is 1. The number of carbonyl (C=O) groups excluding carboxylic acids is 1. The van der Waals surface area contributed by atoms with E-state index in [0.29, 0.717) is 6.42 Å². The Bertz CT molecular complexity index is 807. The first-order chi connectivity index (χ1) is 10.2. The number of hydrogen-bond donors (Lipinski definition) is 1. The zero-order chi connectivity index (χ0) is 14.8. The minimum absolute atomic E-state index is 0.0117. The third kappa shape index (κ3) is 2.50. The standard InChI is InChI=1S/C16H16N4O/c1-3-16(21)18-13-7-5-4-6-12(13)14-8-9-15-17-10-11(2)20(15)19-14/h4-10H,3H2,1-2H3,(H,18,21). The summed E-state index contributed by atoms with van der Waals surface area (Å²) in [6, 6.07) is 11.5. The number of anilines is 1. The highest BCUT2D eigenvalue weighted by Gasteiger charge is 2.10. The molecule has 2 aromatic heterocycles. The van der Waals surface area contributed by atoms with Crippen molar-refractivity contribution >= 4 is 17.2 Å². The van der Waals surface area contributed by atoms with Gasteiger partial charge < -0.3 is 5.32 Å². The van der Waals surface area contributed by atoms with Gasteiger partial charge in [-0.15, -0.1) is 0 Å². The molecule has 106 valence electrons. The van der Waals surface area contributed by atoms with E-state index in [2.05, 4.69) is 15.4 Å². The van der Waals surface area contributed by atoms with Crippen LogP contribution in [0.25, 0.3) is 16.9 Å². The number of nitrogens with zero attached hydrogens (tertiary/aromatic N) is 3. The minimum atomic E-state index is -0.0117. The second-order valence-electron chi connectivity index (χ2n) is 4.84. The van der Waals surface area contributed by atoms with Gasteiger partial charge in [0.15, 0.2) is 5.65 Å². The topological polar surface area (TPSA) is 59.3 Å². The summed E-state index contributed by atoms with van der Waals surface area (Å²) in [5.74, 6) is -0.0117. The lowest BCUT2D eigenvalue weighted by atomic mass is 10.1. The van der Waals surface area contributed by atoms with Crippen molar-refractivity contribution in [1.82, 2.24) is 14.6 Å². The number of aromatic nitrogens is 3. The zero-order valence-corrected chi connectivity index (χ0v) is 12.0. The van der Waals surface area contributed by atoms with Gasteiger partial charge in [-0.05, 0) is 25.1 Å². The Morgan fingerprint density at radius 2 is 2.05 bits per heavy atom. The average Bonchev–Trinajstić information content (AvgIpc) is 2.88. The van der Waals surface area contributed by atoms with Crippen LogP contribution in [0.5, 0.6) is 0 Å². The van der Waals surface area contributed by atoms with Crippen LogP contribution in [0, 0.1) is 6.92 Å². The number of para-hydroxylation sites is 1. The Hall–Kier alpha value is -2.69. The molecule has 3 rings (SSSR count). The Morgan fingerprint density at radius 3 is 2.86 bits per heavy atom. The second kappa shape index (κ2) is 5.36. The molecule has 0 fully saturated rings. The van der Waals surface area contributed by atoms with Gasteiger partial charge in [0, 0.05) is 12.0 Å². The monoisotopic (exact) mass is 280 g/mol. The van der Waals surface area contributed by atoms with Gasteiger partial charge in [-0.3, -0.25) is 4.79 Å². The van der Waals surface area contributed by atoms with Crippen LogP contribution in [0.4, 0.5) is 5.69 Å². The van der Waals surface area contributed by atoms with E-state index in [1.54, 1.807) is 10.7 Å². The van der Waals surface area contributed by atoms with Crippen LogP contribution < -0.4 is 5.32 Å². The molecule has 0 radical (unpaired) electrons. The normalized spacial score (nSPS) is 10.8. The molecule has 1 N–H and O–H groups in total. The Kier molecular flexibility index (Phi) is 3.39. The smallest absolute Gasteiger partial charge is 0.224 e. The summed E-state index contributed by atoms with van der Waals surface area (Å²) in [6.45, 7) is 3.79. The molecular weight excluding hydrogens is 264 g/mol. The summed E-state index contributed by atoms with van der Waals surface area (Å²) in [5, 5.41) is 7.51. The number of nitrogens with one attached hydrogen (secondary N) is 1. The number of rotatable bonds is 3. The molecule has 0 spiro atoms. The van der Waals surface area contributed by atoms with Crippen LogP contribution in [0.2, 0.25) is 0 Å². The third-order valence-electron chi connectivity index (χ3n) is 3.33. The van der Waals surface area contributed by atoms with Gasteiger partial charge in [-0.25, -0.2) is 9.50 Å². The lowest BCUT2D eigenvalue weighted by molar-refractivity contribution is -0.115. The highest BCUT2D eigenvalue weighted by molar-refractivity contribution is 5.94.